The number of allylic oxidation sites excluding steroid dienone is 4. The Morgan fingerprint density at radius 1 is 1.05 bits per heavy atom. The molecule has 3 rings (SSSR count). The van der Waals surface area contributed by atoms with Crippen molar-refractivity contribution in [2.45, 2.75) is 91.5 Å². The highest BCUT2D eigenvalue weighted by Crippen LogP contribution is 2.45. The molecule has 1 N–H and O–H groups in total. The molecule has 0 saturated heterocycles. The number of hydrogen-bond acceptors (Lipinski definition) is 4. The quantitative estimate of drug-likeness (QED) is 0.189. The van der Waals surface area contributed by atoms with Crippen molar-refractivity contribution in [3.8, 4) is 11.5 Å². The van der Waals surface area contributed by atoms with Crippen LogP contribution < -0.4 is 4.74 Å². The van der Waals surface area contributed by atoms with Gasteiger partial charge in [0.2, 0.25) is 0 Å². The molecule has 1 aliphatic heterocycles. The van der Waals surface area contributed by atoms with Gasteiger partial charge in [0, 0.05) is 18.1 Å². The van der Waals surface area contributed by atoms with Crippen LogP contribution in [0.15, 0.2) is 53.6 Å². The van der Waals surface area contributed by atoms with E-state index in [2.05, 4.69) is 26.8 Å². The lowest BCUT2D eigenvalue weighted by Gasteiger charge is -2.37. The minimum Gasteiger partial charge on any atom is -0.508 e. The van der Waals surface area contributed by atoms with E-state index in [4.69, 9.17) is 9.47 Å². The summed E-state index contributed by atoms with van der Waals surface area (Å²) in [5.74, 6) is -2.03. The number of halogens is 3. The molecule has 206 valence electrons. The fourth-order valence-corrected chi connectivity index (χ4v) is 4.52. The summed E-state index contributed by atoms with van der Waals surface area (Å²) in [6.07, 6.45) is 5.12. The Labute approximate surface area is 223 Å². The first-order chi connectivity index (χ1) is 17.9. The molecule has 0 saturated carbocycles. The van der Waals surface area contributed by atoms with Crippen LogP contribution in [0.5, 0.6) is 11.5 Å². The Balaban J connectivity index is 2.02. The lowest BCUT2D eigenvalue weighted by atomic mass is 9.93. The van der Waals surface area contributed by atoms with E-state index in [1.807, 2.05) is 13.0 Å². The van der Waals surface area contributed by atoms with Crippen LogP contribution in [-0.4, -0.2) is 11.1 Å². The summed E-state index contributed by atoms with van der Waals surface area (Å²) in [5, 5.41) is 11.0. The van der Waals surface area contributed by atoms with Gasteiger partial charge in [-0.2, -0.15) is 13.2 Å². The van der Waals surface area contributed by atoms with Gasteiger partial charge in [-0.15, -0.1) is 0 Å². The number of aryl methyl sites for hydroxylation is 1. The molecule has 0 amide bonds. The first kappa shape index (κ1) is 29.3. The fourth-order valence-electron chi connectivity index (χ4n) is 4.52. The highest BCUT2D eigenvalue weighted by Gasteiger charge is 2.43. The second kappa shape index (κ2) is 12.1. The van der Waals surface area contributed by atoms with Gasteiger partial charge in [-0.1, -0.05) is 55.2 Å². The van der Waals surface area contributed by atoms with Gasteiger partial charge in [0.1, 0.15) is 17.1 Å². The van der Waals surface area contributed by atoms with Gasteiger partial charge >= 0.3 is 12.1 Å². The highest BCUT2D eigenvalue weighted by molar-refractivity contribution is 5.96. The topological polar surface area (TPSA) is 55.8 Å². The Kier molecular flexibility index (Phi) is 9.34. The first-order valence-corrected chi connectivity index (χ1v) is 13.1. The summed E-state index contributed by atoms with van der Waals surface area (Å²) in [4.78, 5) is 13.4. The van der Waals surface area contributed by atoms with Crippen LogP contribution in [0.2, 0.25) is 0 Å². The molecule has 0 fully saturated rings. The molecule has 1 unspecified atom stereocenters. The molecule has 0 aromatic heterocycles. The third-order valence-corrected chi connectivity index (χ3v) is 6.76. The Morgan fingerprint density at radius 2 is 1.74 bits per heavy atom. The van der Waals surface area contributed by atoms with Crippen molar-refractivity contribution in [1.82, 2.24) is 0 Å². The highest BCUT2D eigenvalue weighted by atomic mass is 19.4. The zero-order valence-electron chi connectivity index (χ0n) is 22.8. The van der Waals surface area contributed by atoms with E-state index < -0.39 is 23.5 Å². The Bertz CT molecular complexity index is 1210. The Hall–Kier alpha value is -3.22. The van der Waals surface area contributed by atoms with Gasteiger partial charge in [-0.05, 0) is 76.6 Å². The number of ether oxygens (including phenoxy) is 2. The summed E-state index contributed by atoms with van der Waals surface area (Å²) in [6, 6.07) is 5.98. The number of carbonyl (C=O) groups is 1. The summed E-state index contributed by atoms with van der Waals surface area (Å²) in [7, 11) is 0. The minimum absolute atomic E-state index is 0.0214. The van der Waals surface area contributed by atoms with E-state index in [9.17, 15) is 23.1 Å². The number of alkyl halides is 3. The zero-order chi connectivity index (χ0) is 28.1. The van der Waals surface area contributed by atoms with Crippen LogP contribution in [0, 0.1) is 0 Å². The van der Waals surface area contributed by atoms with E-state index in [1.165, 1.54) is 24.6 Å². The van der Waals surface area contributed by atoms with E-state index >= 15 is 0 Å². The van der Waals surface area contributed by atoms with Crippen LogP contribution in [0.25, 0.3) is 0 Å². The van der Waals surface area contributed by atoms with Crippen molar-refractivity contribution in [2.24, 2.45) is 0 Å². The molecule has 0 aliphatic carbocycles. The fraction of sp³-hybridized carbons (Fsp3) is 0.452. The zero-order valence-corrected chi connectivity index (χ0v) is 22.8. The number of hydrogen-bond donors (Lipinski definition) is 1. The average molecular weight is 531 g/mol. The molecule has 4 nitrogen and oxygen atoms in total. The molecule has 2 aromatic carbocycles. The number of fused-ring (bicyclic) bond motifs is 1. The van der Waals surface area contributed by atoms with Crippen molar-refractivity contribution in [2.75, 3.05) is 0 Å². The largest absolute Gasteiger partial charge is 0.508 e. The van der Waals surface area contributed by atoms with Crippen molar-refractivity contribution in [3.05, 3.63) is 81.4 Å². The number of esters is 1. The number of cyclic esters (lactones) is 1. The monoisotopic (exact) mass is 530 g/mol. The number of phenolic OH excluding ortho intramolecular Hbond substituents is 1. The lowest BCUT2D eigenvalue weighted by Crippen LogP contribution is -2.40. The molecule has 1 atom stereocenters. The summed E-state index contributed by atoms with van der Waals surface area (Å²) in [5.41, 5.74) is 3.20. The molecule has 38 heavy (non-hydrogen) atoms. The number of unbranched alkanes of at least 4 members (excludes halogenated alkanes) is 2. The molecule has 7 heteroatoms. The molecular weight excluding hydrogens is 493 g/mol. The molecular formula is C31H37F3O4. The van der Waals surface area contributed by atoms with E-state index in [-0.39, 0.29) is 22.6 Å². The van der Waals surface area contributed by atoms with Gasteiger partial charge < -0.3 is 14.6 Å². The first-order valence-electron chi connectivity index (χ1n) is 13.1. The van der Waals surface area contributed by atoms with Gasteiger partial charge in [0.25, 0.3) is 5.79 Å². The SMILES string of the molecule is CCCCCc1cc(O)c(C/C=C(\C)CCC=C(C)C)c2c1C(=O)OC(C)(c1ccc(C(F)(F)F)cc1)O2. The molecule has 1 aliphatic rings. The predicted octanol–water partition coefficient (Wildman–Crippen LogP) is 8.80. The average Bonchev–Trinajstić information content (AvgIpc) is 2.82. The number of benzene rings is 2. The van der Waals surface area contributed by atoms with Crippen LogP contribution in [0.4, 0.5) is 13.2 Å². The van der Waals surface area contributed by atoms with Crippen LogP contribution in [-0.2, 0) is 29.5 Å². The number of carbonyl (C=O) groups excluding carboxylic acids is 1. The molecule has 0 bridgehead atoms. The molecule has 2 aromatic rings. The third kappa shape index (κ3) is 7.00. The second-order valence-electron chi connectivity index (χ2n) is 10.3. The van der Waals surface area contributed by atoms with Crippen molar-refractivity contribution < 1.29 is 32.5 Å². The summed E-state index contributed by atoms with van der Waals surface area (Å²) < 4.78 is 51.3. The standard InChI is InChI=1S/C31H37F3O4/c1-6-7-8-12-22-19-26(35)25(18-13-21(4)11-9-10-20(2)3)28-27(22)29(36)38-30(5,37-28)23-14-16-24(17-15-23)31(32,33)34/h10,13-17,19,35H,6-9,11-12,18H2,1-5H3/b21-13+. The Morgan fingerprint density at radius 3 is 2.34 bits per heavy atom. The number of aromatic hydroxyl groups is 1. The smallest absolute Gasteiger partial charge is 0.416 e. The predicted molar refractivity (Wildman–Crippen MR) is 142 cm³/mol. The maximum Gasteiger partial charge on any atom is 0.416 e. The molecule has 1 heterocycles. The number of rotatable bonds is 10. The van der Waals surface area contributed by atoms with Gasteiger partial charge in [-0.3, -0.25) is 0 Å². The molecule has 0 radical (unpaired) electrons. The summed E-state index contributed by atoms with van der Waals surface area (Å²) >= 11 is 0. The van der Waals surface area contributed by atoms with Crippen LogP contribution >= 0.6 is 0 Å². The van der Waals surface area contributed by atoms with Crippen LogP contribution in [0.3, 0.4) is 0 Å². The maximum absolute atomic E-state index is 13.4. The van der Waals surface area contributed by atoms with E-state index in [1.54, 1.807) is 6.07 Å². The molecule has 0 spiro atoms. The van der Waals surface area contributed by atoms with Crippen molar-refractivity contribution >= 4 is 5.97 Å². The van der Waals surface area contributed by atoms with E-state index in [0.717, 1.165) is 49.8 Å². The van der Waals surface area contributed by atoms with Crippen molar-refractivity contribution in [3.63, 3.8) is 0 Å². The third-order valence-electron chi connectivity index (χ3n) is 6.76. The summed E-state index contributed by atoms with van der Waals surface area (Å²) in [6.45, 7) is 9.70. The van der Waals surface area contributed by atoms with E-state index in [0.29, 0.717) is 24.0 Å². The normalized spacial score (nSPS) is 17.5. The second-order valence-corrected chi connectivity index (χ2v) is 10.3. The van der Waals surface area contributed by atoms with Crippen molar-refractivity contribution in [1.29, 1.82) is 0 Å². The number of phenols is 1. The van der Waals surface area contributed by atoms with Gasteiger partial charge in [-0.25, -0.2) is 4.79 Å². The minimum atomic E-state index is -4.49. The van der Waals surface area contributed by atoms with Crippen LogP contribution in [0.1, 0.15) is 99.3 Å². The van der Waals surface area contributed by atoms with Gasteiger partial charge in [0.05, 0.1) is 5.56 Å². The van der Waals surface area contributed by atoms with Gasteiger partial charge in [0.15, 0.2) is 0 Å². The maximum atomic E-state index is 13.4. The lowest BCUT2D eigenvalue weighted by molar-refractivity contribution is -0.149.